The van der Waals surface area contributed by atoms with Gasteiger partial charge in [-0.05, 0) is 12.1 Å². The summed E-state index contributed by atoms with van der Waals surface area (Å²) in [4.78, 5) is 19.5. The standard InChI is InChI=1S/C13H22N4O2/c1-16(2)13(18)10-5-6-12(15-7-10)17(3)8-11(14)9-19-4/h5-7,11H,8-9,14H2,1-4H3. The molecule has 6 heteroatoms. The molecular formula is C13H22N4O2. The highest BCUT2D eigenvalue weighted by atomic mass is 16.5. The second kappa shape index (κ2) is 7.06. The zero-order chi connectivity index (χ0) is 14.4. The second-order valence-corrected chi connectivity index (χ2v) is 4.70. The number of pyridine rings is 1. The van der Waals surface area contributed by atoms with E-state index in [2.05, 4.69) is 4.98 Å². The number of likely N-dealkylation sites (N-methyl/N-ethyl adjacent to an activating group) is 1. The van der Waals surface area contributed by atoms with E-state index in [0.717, 1.165) is 5.82 Å². The van der Waals surface area contributed by atoms with Crippen molar-refractivity contribution in [3.63, 3.8) is 0 Å². The molecule has 0 bridgehead atoms. The Kier molecular flexibility index (Phi) is 5.72. The number of methoxy groups -OCH3 is 1. The summed E-state index contributed by atoms with van der Waals surface area (Å²) >= 11 is 0. The van der Waals surface area contributed by atoms with Gasteiger partial charge in [-0.15, -0.1) is 0 Å². The molecule has 0 aromatic carbocycles. The quantitative estimate of drug-likeness (QED) is 0.796. The van der Waals surface area contributed by atoms with Crippen LogP contribution in [-0.4, -0.2) is 63.2 Å². The number of nitrogens with zero attached hydrogens (tertiary/aromatic N) is 3. The lowest BCUT2D eigenvalue weighted by Gasteiger charge is -2.22. The molecule has 0 aliphatic heterocycles. The Labute approximate surface area is 114 Å². The Morgan fingerprint density at radius 2 is 2.11 bits per heavy atom. The van der Waals surface area contributed by atoms with Crippen LogP contribution in [-0.2, 0) is 4.74 Å². The molecule has 0 saturated carbocycles. The van der Waals surface area contributed by atoms with Crippen molar-refractivity contribution in [3.8, 4) is 0 Å². The average molecular weight is 266 g/mol. The zero-order valence-corrected chi connectivity index (χ0v) is 12.0. The summed E-state index contributed by atoms with van der Waals surface area (Å²) < 4.78 is 5.00. The highest BCUT2D eigenvalue weighted by molar-refractivity contribution is 5.93. The molecule has 0 spiro atoms. The van der Waals surface area contributed by atoms with Crippen LogP contribution in [0.2, 0.25) is 0 Å². The minimum absolute atomic E-state index is 0.0576. The fourth-order valence-corrected chi connectivity index (χ4v) is 1.71. The first-order chi connectivity index (χ1) is 8.95. The summed E-state index contributed by atoms with van der Waals surface area (Å²) in [6, 6.07) is 3.51. The van der Waals surface area contributed by atoms with Gasteiger partial charge in [0.25, 0.3) is 5.91 Å². The first-order valence-electron chi connectivity index (χ1n) is 6.09. The molecule has 1 heterocycles. The fourth-order valence-electron chi connectivity index (χ4n) is 1.71. The average Bonchev–Trinajstić information content (AvgIpc) is 2.38. The molecular weight excluding hydrogens is 244 g/mol. The van der Waals surface area contributed by atoms with Crippen molar-refractivity contribution in [1.29, 1.82) is 0 Å². The summed E-state index contributed by atoms with van der Waals surface area (Å²) in [6.07, 6.45) is 1.58. The summed E-state index contributed by atoms with van der Waals surface area (Å²) in [5.74, 6) is 0.722. The number of carbonyl (C=O) groups excluding carboxylic acids is 1. The van der Waals surface area contributed by atoms with Gasteiger partial charge >= 0.3 is 0 Å². The Hall–Kier alpha value is -1.66. The molecule has 1 atom stereocenters. The fraction of sp³-hybridized carbons (Fsp3) is 0.538. The van der Waals surface area contributed by atoms with Crippen LogP contribution in [0.1, 0.15) is 10.4 Å². The second-order valence-electron chi connectivity index (χ2n) is 4.70. The van der Waals surface area contributed by atoms with E-state index >= 15 is 0 Å². The minimum Gasteiger partial charge on any atom is -0.383 e. The van der Waals surface area contributed by atoms with E-state index in [-0.39, 0.29) is 11.9 Å². The molecule has 0 saturated heterocycles. The summed E-state index contributed by atoms with van der Waals surface area (Å²) in [5.41, 5.74) is 6.46. The van der Waals surface area contributed by atoms with Gasteiger partial charge in [0.15, 0.2) is 0 Å². The van der Waals surface area contributed by atoms with Crippen molar-refractivity contribution in [2.75, 3.05) is 46.3 Å². The molecule has 1 amide bonds. The Balaban J connectivity index is 2.68. The van der Waals surface area contributed by atoms with Gasteiger partial charge in [-0.25, -0.2) is 4.98 Å². The van der Waals surface area contributed by atoms with Gasteiger partial charge in [-0.3, -0.25) is 4.79 Å². The Morgan fingerprint density at radius 1 is 1.42 bits per heavy atom. The van der Waals surface area contributed by atoms with Crippen LogP contribution in [0.25, 0.3) is 0 Å². The van der Waals surface area contributed by atoms with Gasteiger partial charge in [0, 0.05) is 47.0 Å². The predicted molar refractivity (Wildman–Crippen MR) is 75.4 cm³/mol. The largest absolute Gasteiger partial charge is 0.383 e. The highest BCUT2D eigenvalue weighted by Gasteiger charge is 2.11. The van der Waals surface area contributed by atoms with Gasteiger partial charge in [0.1, 0.15) is 5.82 Å². The first-order valence-corrected chi connectivity index (χ1v) is 6.09. The number of rotatable bonds is 6. The van der Waals surface area contributed by atoms with Crippen molar-refractivity contribution in [3.05, 3.63) is 23.9 Å². The maximum Gasteiger partial charge on any atom is 0.254 e. The first kappa shape index (κ1) is 15.4. The molecule has 0 aliphatic rings. The van der Waals surface area contributed by atoms with Crippen LogP contribution < -0.4 is 10.6 Å². The van der Waals surface area contributed by atoms with Gasteiger partial charge in [0.2, 0.25) is 0 Å². The van der Waals surface area contributed by atoms with Crippen LogP contribution >= 0.6 is 0 Å². The molecule has 2 N–H and O–H groups in total. The molecule has 0 fully saturated rings. The van der Waals surface area contributed by atoms with Crippen LogP contribution in [0, 0.1) is 0 Å². The lowest BCUT2D eigenvalue weighted by molar-refractivity contribution is 0.0827. The molecule has 19 heavy (non-hydrogen) atoms. The van der Waals surface area contributed by atoms with E-state index in [0.29, 0.717) is 18.7 Å². The van der Waals surface area contributed by atoms with Crippen LogP contribution in [0.5, 0.6) is 0 Å². The van der Waals surface area contributed by atoms with Crippen LogP contribution in [0.4, 0.5) is 5.82 Å². The van der Waals surface area contributed by atoms with Gasteiger partial charge in [-0.2, -0.15) is 0 Å². The number of aromatic nitrogens is 1. The van der Waals surface area contributed by atoms with Crippen molar-refractivity contribution in [2.24, 2.45) is 5.73 Å². The third-order valence-corrected chi connectivity index (χ3v) is 2.68. The van der Waals surface area contributed by atoms with Gasteiger partial charge in [0.05, 0.1) is 12.2 Å². The lowest BCUT2D eigenvalue weighted by atomic mass is 10.2. The van der Waals surface area contributed by atoms with E-state index in [9.17, 15) is 4.79 Å². The number of nitrogens with two attached hydrogens (primary N) is 1. The van der Waals surface area contributed by atoms with Crippen LogP contribution in [0.3, 0.4) is 0 Å². The number of ether oxygens (including phenoxy) is 1. The lowest BCUT2D eigenvalue weighted by Crippen LogP contribution is -2.38. The van der Waals surface area contributed by atoms with Crippen molar-refractivity contribution < 1.29 is 9.53 Å². The zero-order valence-electron chi connectivity index (χ0n) is 12.0. The van der Waals surface area contributed by atoms with E-state index in [1.54, 1.807) is 33.5 Å². The molecule has 106 valence electrons. The van der Waals surface area contributed by atoms with Crippen molar-refractivity contribution in [1.82, 2.24) is 9.88 Å². The maximum atomic E-state index is 11.7. The van der Waals surface area contributed by atoms with E-state index in [1.165, 1.54) is 4.90 Å². The molecule has 6 nitrogen and oxygen atoms in total. The smallest absolute Gasteiger partial charge is 0.254 e. The number of carbonyl (C=O) groups is 1. The third kappa shape index (κ3) is 4.50. The minimum atomic E-state index is -0.0696. The maximum absolute atomic E-state index is 11.7. The Bertz CT molecular complexity index is 406. The van der Waals surface area contributed by atoms with Gasteiger partial charge in [-0.1, -0.05) is 0 Å². The third-order valence-electron chi connectivity index (χ3n) is 2.68. The number of amides is 1. The van der Waals surface area contributed by atoms with Crippen LogP contribution in [0.15, 0.2) is 18.3 Å². The normalized spacial score (nSPS) is 12.1. The topological polar surface area (TPSA) is 71.7 Å². The van der Waals surface area contributed by atoms with Crippen molar-refractivity contribution in [2.45, 2.75) is 6.04 Å². The molecule has 1 aromatic heterocycles. The number of hydrogen-bond donors (Lipinski definition) is 1. The number of hydrogen-bond acceptors (Lipinski definition) is 5. The van der Waals surface area contributed by atoms with E-state index < -0.39 is 0 Å². The van der Waals surface area contributed by atoms with Crippen molar-refractivity contribution >= 4 is 11.7 Å². The highest BCUT2D eigenvalue weighted by Crippen LogP contribution is 2.10. The van der Waals surface area contributed by atoms with Gasteiger partial charge < -0.3 is 20.3 Å². The molecule has 1 aromatic rings. The SMILES string of the molecule is COCC(N)CN(C)c1ccc(C(=O)N(C)C)cn1. The number of anilines is 1. The molecule has 0 radical (unpaired) electrons. The van der Waals surface area contributed by atoms with E-state index in [1.807, 2.05) is 18.0 Å². The molecule has 0 aliphatic carbocycles. The summed E-state index contributed by atoms with van der Waals surface area (Å²) in [6.45, 7) is 1.14. The molecule has 1 unspecified atom stereocenters. The predicted octanol–water partition coefficient (Wildman–Crippen LogP) is 0.193. The summed E-state index contributed by atoms with van der Waals surface area (Å²) in [5, 5.41) is 0. The monoisotopic (exact) mass is 266 g/mol. The Morgan fingerprint density at radius 3 is 2.58 bits per heavy atom. The van der Waals surface area contributed by atoms with E-state index in [4.69, 9.17) is 10.5 Å². The summed E-state index contributed by atoms with van der Waals surface area (Å²) in [7, 11) is 6.96. The molecule has 1 rings (SSSR count).